The van der Waals surface area contributed by atoms with Crippen LogP contribution in [0.5, 0.6) is 0 Å². The number of alkyl halides is 1. The lowest BCUT2D eigenvalue weighted by molar-refractivity contribution is 0.180. The van der Waals surface area contributed by atoms with Crippen molar-refractivity contribution in [2.75, 3.05) is 46.2 Å². The molecule has 1 rings (SSSR count). The van der Waals surface area contributed by atoms with Gasteiger partial charge in [0.15, 0.2) is 0 Å². The van der Waals surface area contributed by atoms with Crippen LogP contribution in [0.4, 0.5) is 0 Å². The molecule has 0 aliphatic carbocycles. The Hall–Kier alpha value is 0.210. The maximum atomic E-state index is 5.69. The van der Waals surface area contributed by atoms with Gasteiger partial charge in [-0.2, -0.15) is 0 Å². The minimum absolute atomic E-state index is 0.753. The number of piperidine rings is 1. The second-order valence-corrected chi connectivity index (χ2v) is 4.58. The van der Waals surface area contributed by atoms with E-state index < -0.39 is 0 Å². The Morgan fingerprint density at radius 3 is 2.54 bits per heavy atom. The Labute approximate surface area is 86.8 Å². The second kappa shape index (κ2) is 5.84. The van der Waals surface area contributed by atoms with Crippen LogP contribution in [0.1, 0.15) is 12.8 Å². The summed E-state index contributed by atoms with van der Waals surface area (Å²) in [6, 6.07) is 0. The van der Waals surface area contributed by atoms with E-state index in [9.17, 15) is 0 Å². The molecule has 0 spiro atoms. The molecule has 1 saturated heterocycles. The smallest absolute Gasteiger partial charge is 0.0351 e. The number of likely N-dealkylation sites (tertiary alicyclic amines) is 1. The minimum Gasteiger partial charge on any atom is -0.306 e. The lowest BCUT2D eigenvalue weighted by atomic mass is 9.97. The highest BCUT2D eigenvalue weighted by atomic mass is 35.5. The van der Waals surface area contributed by atoms with Gasteiger partial charge in [-0.05, 0) is 45.9 Å². The number of nitrogens with zero attached hydrogens (tertiary/aromatic N) is 2. The Morgan fingerprint density at radius 2 is 2.00 bits per heavy atom. The molecule has 0 bridgehead atoms. The van der Waals surface area contributed by atoms with Gasteiger partial charge in [-0.15, -0.1) is 11.6 Å². The van der Waals surface area contributed by atoms with Crippen molar-refractivity contribution >= 4 is 11.6 Å². The van der Waals surface area contributed by atoms with Gasteiger partial charge in [-0.1, -0.05) is 0 Å². The predicted molar refractivity (Wildman–Crippen MR) is 58.4 cm³/mol. The summed E-state index contributed by atoms with van der Waals surface area (Å²) in [5, 5.41) is 0. The average molecular weight is 205 g/mol. The normalized spacial score (nSPS) is 21.2. The fraction of sp³-hybridized carbons (Fsp3) is 1.00. The molecule has 0 radical (unpaired) electrons. The van der Waals surface area contributed by atoms with Crippen molar-refractivity contribution in [3.8, 4) is 0 Å². The zero-order valence-corrected chi connectivity index (χ0v) is 9.56. The zero-order chi connectivity index (χ0) is 9.68. The van der Waals surface area contributed by atoms with E-state index in [0.29, 0.717) is 0 Å². The van der Waals surface area contributed by atoms with E-state index in [1.807, 2.05) is 0 Å². The summed E-state index contributed by atoms with van der Waals surface area (Å²) in [5.41, 5.74) is 0. The third-order valence-electron chi connectivity index (χ3n) is 2.87. The van der Waals surface area contributed by atoms with Crippen LogP contribution in [0.15, 0.2) is 0 Å². The molecule has 2 nitrogen and oxygen atoms in total. The Morgan fingerprint density at radius 1 is 1.38 bits per heavy atom. The molecule has 0 N–H and O–H groups in total. The molecule has 0 aromatic rings. The van der Waals surface area contributed by atoms with Crippen molar-refractivity contribution in [1.82, 2.24) is 9.80 Å². The molecule has 0 amide bonds. The molecular weight excluding hydrogens is 184 g/mol. The molecule has 0 atom stereocenters. The quantitative estimate of drug-likeness (QED) is 0.641. The van der Waals surface area contributed by atoms with E-state index in [1.54, 1.807) is 0 Å². The molecule has 3 heteroatoms. The first kappa shape index (κ1) is 11.3. The molecule has 1 heterocycles. The van der Waals surface area contributed by atoms with Crippen LogP contribution >= 0.6 is 11.6 Å². The van der Waals surface area contributed by atoms with Crippen molar-refractivity contribution in [1.29, 1.82) is 0 Å². The molecule has 1 fully saturated rings. The van der Waals surface area contributed by atoms with Crippen LogP contribution in [-0.2, 0) is 0 Å². The summed E-state index contributed by atoms with van der Waals surface area (Å²) in [6.45, 7) is 4.77. The van der Waals surface area contributed by atoms with E-state index >= 15 is 0 Å². The number of hydrogen-bond acceptors (Lipinski definition) is 2. The summed E-state index contributed by atoms with van der Waals surface area (Å²) in [5.74, 6) is 1.65. The van der Waals surface area contributed by atoms with Crippen molar-refractivity contribution in [3.63, 3.8) is 0 Å². The van der Waals surface area contributed by atoms with Gasteiger partial charge in [0, 0.05) is 19.0 Å². The predicted octanol–water partition coefficient (Wildman–Crippen LogP) is 1.50. The molecule has 1 aliphatic rings. The first-order valence-corrected chi connectivity index (χ1v) is 5.69. The first-order valence-electron chi connectivity index (χ1n) is 5.15. The van der Waals surface area contributed by atoms with E-state index in [4.69, 9.17) is 11.6 Å². The van der Waals surface area contributed by atoms with Crippen LogP contribution in [0, 0.1) is 5.92 Å². The number of hydrogen-bond donors (Lipinski definition) is 0. The Bertz CT molecular complexity index is 133. The summed E-state index contributed by atoms with van der Waals surface area (Å²) in [6.07, 6.45) is 2.70. The molecule has 78 valence electrons. The van der Waals surface area contributed by atoms with E-state index in [1.165, 1.54) is 32.5 Å². The summed E-state index contributed by atoms with van der Waals surface area (Å²) in [7, 11) is 4.37. The van der Waals surface area contributed by atoms with Gasteiger partial charge in [-0.25, -0.2) is 0 Å². The second-order valence-electron chi connectivity index (χ2n) is 4.20. The third kappa shape index (κ3) is 4.30. The third-order valence-corrected chi connectivity index (χ3v) is 3.04. The fourth-order valence-electron chi connectivity index (χ4n) is 1.92. The van der Waals surface area contributed by atoms with Crippen molar-refractivity contribution in [2.24, 2.45) is 5.92 Å². The Kier molecular flexibility index (Phi) is 5.07. The topological polar surface area (TPSA) is 6.48 Å². The van der Waals surface area contributed by atoms with Crippen molar-refractivity contribution < 1.29 is 0 Å². The molecule has 0 aromatic heterocycles. The monoisotopic (exact) mass is 204 g/mol. The van der Waals surface area contributed by atoms with Crippen molar-refractivity contribution in [3.05, 3.63) is 0 Å². The van der Waals surface area contributed by atoms with Gasteiger partial charge in [0.2, 0.25) is 0 Å². The van der Waals surface area contributed by atoms with Crippen LogP contribution < -0.4 is 0 Å². The average Bonchev–Trinajstić information content (AvgIpc) is 2.09. The summed E-state index contributed by atoms with van der Waals surface area (Å²) >= 11 is 5.69. The van der Waals surface area contributed by atoms with Crippen LogP contribution in [0.25, 0.3) is 0 Å². The van der Waals surface area contributed by atoms with Gasteiger partial charge in [0.25, 0.3) is 0 Å². The SMILES string of the molecule is CN1CCC(CN(C)CCCl)CC1. The van der Waals surface area contributed by atoms with Crippen LogP contribution in [-0.4, -0.2) is 56.0 Å². The molecule has 0 saturated carbocycles. The van der Waals surface area contributed by atoms with Crippen molar-refractivity contribution in [2.45, 2.75) is 12.8 Å². The first-order chi connectivity index (χ1) is 6.22. The highest BCUT2D eigenvalue weighted by molar-refractivity contribution is 6.18. The molecular formula is C10H21ClN2. The van der Waals surface area contributed by atoms with Gasteiger partial charge in [0.05, 0.1) is 0 Å². The lowest BCUT2D eigenvalue weighted by Gasteiger charge is -2.31. The largest absolute Gasteiger partial charge is 0.306 e. The highest BCUT2D eigenvalue weighted by Gasteiger charge is 2.17. The summed E-state index contributed by atoms with van der Waals surface area (Å²) in [4.78, 5) is 4.76. The lowest BCUT2D eigenvalue weighted by Crippen LogP contribution is -2.36. The number of rotatable bonds is 4. The summed E-state index contributed by atoms with van der Waals surface area (Å²) < 4.78 is 0. The maximum Gasteiger partial charge on any atom is 0.0351 e. The van der Waals surface area contributed by atoms with E-state index in [2.05, 4.69) is 23.9 Å². The Balaban J connectivity index is 2.14. The molecule has 0 unspecified atom stereocenters. The molecule has 0 aromatic carbocycles. The van der Waals surface area contributed by atoms with Crippen LogP contribution in [0.2, 0.25) is 0 Å². The highest BCUT2D eigenvalue weighted by Crippen LogP contribution is 2.16. The standard InChI is InChI=1S/C10H21ClN2/c1-12-6-3-10(4-7-12)9-13(2)8-5-11/h10H,3-9H2,1-2H3. The molecule has 13 heavy (non-hydrogen) atoms. The molecule has 1 aliphatic heterocycles. The van der Waals surface area contributed by atoms with Gasteiger partial charge < -0.3 is 9.80 Å². The zero-order valence-electron chi connectivity index (χ0n) is 8.80. The fourth-order valence-corrected chi connectivity index (χ4v) is 2.21. The van der Waals surface area contributed by atoms with Crippen LogP contribution in [0.3, 0.4) is 0 Å². The maximum absolute atomic E-state index is 5.69. The van der Waals surface area contributed by atoms with E-state index in [-0.39, 0.29) is 0 Å². The van der Waals surface area contributed by atoms with Gasteiger partial charge >= 0.3 is 0 Å². The van der Waals surface area contributed by atoms with E-state index in [0.717, 1.165) is 18.3 Å². The van der Waals surface area contributed by atoms with Gasteiger partial charge in [-0.3, -0.25) is 0 Å². The number of halogens is 1. The van der Waals surface area contributed by atoms with Gasteiger partial charge in [0.1, 0.15) is 0 Å². The minimum atomic E-state index is 0.753.